The van der Waals surface area contributed by atoms with E-state index in [1.165, 1.54) is 0 Å². The van der Waals surface area contributed by atoms with Crippen molar-refractivity contribution in [3.8, 4) is 0 Å². The van der Waals surface area contributed by atoms with Gasteiger partial charge in [0.2, 0.25) is 0 Å². The second-order valence-electron chi connectivity index (χ2n) is 16.3. The topological polar surface area (TPSA) is 110 Å². The summed E-state index contributed by atoms with van der Waals surface area (Å²) in [5, 5.41) is 11.3. The number of rotatable bonds is 9. The maximum Gasteiger partial charge on any atom is 0.319 e. The van der Waals surface area contributed by atoms with E-state index in [2.05, 4.69) is 23.8 Å². The van der Waals surface area contributed by atoms with Gasteiger partial charge in [0, 0.05) is 57.9 Å². The summed E-state index contributed by atoms with van der Waals surface area (Å²) < 4.78 is 30.5. The molecule has 11 heteroatoms. The number of esters is 1. The zero-order valence-electron chi connectivity index (χ0n) is 30.9. The number of ketones is 1. The number of cyclic esters (lactones) is 1. The van der Waals surface area contributed by atoms with Crippen LogP contribution in [0.2, 0.25) is 0 Å². The first-order valence-electron chi connectivity index (χ1n) is 18.0. The fourth-order valence-electron chi connectivity index (χ4n) is 8.47. The highest BCUT2D eigenvalue weighted by Crippen LogP contribution is 2.39. The minimum absolute atomic E-state index is 0.146. The molecule has 1 N–H and O–H groups in total. The minimum Gasteiger partial charge on any atom is -0.464 e. The summed E-state index contributed by atoms with van der Waals surface area (Å²) in [5.74, 6) is -0.144. The van der Waals surface area contributed by atoms with Gasteiger partial charge in [0.15, 0.2) is 12.1 Å². The fraction of sp³-hybridized carbons (Fsp3) is 0.944. The zero-order valence-corrected chi connectivity index (χ0v) is 30.9. The van der Waals surface area contributed by atoms with Crippen LogP contribution in [0.3, 0.4) is 0 Å². The summed E-state index contributed by atoms with van der Waals surface area (Å²) in [6.45, 7) is 16.7. The minimum atomic E-state index is -1.39. The highest BCUT2D eigenvalue weighted by Gasteiger charge is 2.51. The Labute approximate surface area is 283 Å². The molecule has 47 heavy (non-hydrogen) atoms. The number of likely N-dealkylation sites (N-methyl/N-ethyl adjacent to an activating group) is 1. The maximum atomic E-state index is 14.1. The average Bonchev–Trinajstić information content (AvgIpc) is 3.49. The SMILES string of the molecule is CO[C@]1(C)C[C@@H](C)CN(CC2CC(N(C)CC3CCOC3)C2)CCOC(=O)C(C)(C)C(=O)[C@H](C)[C@H]1O[C@@H]1O[C@H](C)C[C@H](N(C)C)[C@H]1O. The molecule has 3 heterocycles. The van der Waals surface area contributed by atoms with Crippen LogP contribution in [-0.2, 0) is 33.3 Å². The third-order valence-electron chi connectivity index (χ3n) is 11.5. The normalized spacial score (nSPS) is 41.2. The van der Waals surface area contributed by atoms with Gasteiger partial charge in [-0.05, 0) is 98.7 Å². The molecule has 4 aliphatic rings. The van der Waals surface area contributed by atoms with Gasteiger partial charge in [-0.3, -0.25) is 14.5 Å². The van der Waals surface area contributed by atoms with E-state index in [0.29, 0.717) is 37.3 Å². The van der Waals surface area contributed by atoms with Crippen LogP contribution in [-0.4, -0.2) is 148 Å². The van der Waals surface area contributed by atoms with E-state index in [1.807, 2.05) is 32.8 Å². The third kappa shape index (κ3) is 9.34. The smallest absolute Gasteiger partial charge is 0.319 e. The second-order valence-corrected chi connectivity index (χ2v) is 16.3. The molecule has 0 aromatic carbocycles. The molecule has 0 spiro atoms. The molecule has 1 aliphatic carbocycles. The van der Waals surface area contributed by atoms with Crippen molar-refractivity contribution in [3.05, 3.63) is 0 Å². The Morgan fingerprint density at radius 3 is 2.34 bits per heavy atom. The van der Waals surface area contributed by atoms with Crippen molar-refractivity contribution in [1.29, 1.82) is 0 Å². The van der Waals surface area contributed by atoms with E-state index in [-0.39, 0.29) is 30.5 Å². The lowest BCUT2D eigenvalue weighted by Gasteiger charge is -2.47. The Balaban J connectivity index is 1.51. The molecule has 3 aliphatic heterocycles. The van der Waals surface area contributed by atoms with Gasteiger partial charge in [0.25, 0.3) is 0 Å². The lowest BCUT2D eigenvalue weighted by Crippen LogP contribution is -2.59. The highest BCUT2D eigenvalue weighted by molar-refractivity contribution is 6.04. The van der Waals surface area contributed by atoms with Crippen LogP contribution in [0, 0.1) is 29.1 Å². The number of methoxy groups -OCH3 is 1. The van der Waals surface area contributed by atoms with Gasteiger partial charge in [-0.15, -0.1) is 0 Å². The Morgan fingerprint density at radius 1 is 1.02 bits per heavy atom. The fourth-order valence-corrected chi connectivity index (χ4v) is 8.47. The first-order valence-corrected chi connectivity index (χ1v) is 18.0. The van der Waals surface area contributed by atoms with Crippen molar-refractivity contribution >= 4 is 11.8 Å². The predicted molar refractivity (Wildman–Crippen MR) is 180 cm³/mol. The Kier molecular flexibility index (Phi) is 13.3. The van der Waals surface area contributed by atoms with Crippen molar-refractivity contribution in [1.82, 2.24) is 14.7 Å². The van der Waals surface area contributed by atoms with Gasteiger partial charge >= 0.3 is 5.97 Å². The number of hydrogen-bond donors (Lipinski definition) is 1. The number of aliphatic hydroxyl groups excluding tert-OH is 1. The number of ether oxygens (including phenoxy) is 5. The van der Waals surface area contributed by atoms with E-state index < -0.39 is 41.4 Å². The number of hydrogen-bond acceptors (Lipinski definition) is 11. The lowest BCUT2D eigenvalue weighted by atomic mass is 9.74. The molecule has 11 nitrogen and oxygen atoms in total. The van der Waals surface area contributed by atoms with E-state index in [1.54, 1.807) is 27.9 Å². The van der Waals surface area contributed by atoms with E-state index in [4.69, 9.17) is 23.7 Å². The van der Waals surface area contributed by atoms with Crippen molar-refractivity contribution in [2.24, 2.45) is 29.1 Å². The second kappa shape index (κ2) is 16.2. The quantitative estimate of drug-likeness (QED) is 0.290. The van der Waals surface area contributed by atoms with Gasteiger partial charge in [-0.25, -0.2) is 0 Å². The van der Waals surface area contributed by atoms with Crippen LogP contribution < -0.4 is 0 Å². The van der Waals surface area contributed by atoms with Crippen LogP contribution in [0.5, 0.6) is 0 Å². The third-order valence-corrected chi connectivity index (χ3v) is 11.5. The summed E-state index contributed by atoms with van der Waals surface area (Å²) in [6.07, 6.45) is 1.95. The number of aliphatic hydroxyl groups is 1. The average molecular weight is 668 g/mol. The van der Waals surface area contributed by atoms with Crippen LogP contribution in [0.25, 0.3) is 0 Å². The van der Waals surface area contributed by atoms with Crippen molar-refractivity contribution in [2.45, 2.75) is 116 Å². The van der Waals surface area contributed by atoms with Gasteiger partial charge in [-0.1, -0.05) is 13.8 Å². The Hall–Kier alpha value is -1.18. The molecule has 0 amide bonds. The van der Waals surface area contributed by atoms with Crippen molar-refractivity contribution < 1.29 is 38.4 Å². The number of Topliss-reactive ketones (excluding diaryl/α,β-unsaturated/α-hetero) is 1. The van der Waals surface area contributed by atoms with Gasteiger partial charge < -0.3 is 38.6 Å². The predicted octanol–water partition coefficient (Wildman–Crippen LogP) is 3.07. The Morgan fingerprint density at radius 2 is 1.72 bits per heavy atom. The summed E-state index contributed by atoms with van der Waals surface area (Å²) in [5.41, 5.74) is -2.29. The molecule has 4 rings (SSSR count). The van der Waals surface area contributed by atoms with Crippen LogP contribution >= 0.6 is 0 Å². The Bertz CT molecular complexity index is 1030. The molecular formula is C36H65N3O8. The summed E-state index contributed by atoms with van der Waals surface area (Å²) in [6, 6.07) is 0.432. The molecular weight excluding hydrogens is 602 g/mol. The molecule has 1 unspecified atom stereocenters. The van der Waals surface area contributed by atoms with Crippen molar-refractivity contribution in [2.75, 3.05) is 74.3 Å². The van der Waals surface area contributed by atoms with Gasteiger partial charge in [0.05, 0.1) is 24.4 Å². The monoisotopic (exact) mass is 667 g/mol. The largest absolute Gasteiger partial charge is 0.464 e. The van der Waals surface area contributed by atoms with E-state index in [9.17, 15) is 14.7 Å². The van der Waals surface area contributed by atoms with Gasteiger partial charge in [-0.2, -0.15) is 0 Å². The van der Waals surface area contributed by atoms with Crippen LogP contribution in [0.4, 0.5) is 0 Å². The number of nitrogens with zero attached hydrogens (tertiary/aromatic N) is 3. The van der Waals surface area contributed by atoms with Crippen LogP contribution in [0.1, 0.15) is 73.6 Å². The highest BCUT2D eigenvalue weighted by atomic mass is 16.7. The summed E-state index contributed by atoms with van der Waals surface area (Å²) >= 11 is 0. The molecule has 1 saturated carbocycles. The molecule has 0 radical (unpaired) electrons. The lowest BCUT2D eigenvalue weighted by molar-refractivity contribution is -0.295. The first kappa shape index (κ1) is 38.6. The molecule has 0 aromatic rings. The maximum absolute atomic E-state index is 14.1. The summed E-state index contributed by atoms with van der Waals surface area (Å²) in [4.78, 5) is 34.5. The zero-order chi connectivity index (χ0) is 34.7. The molecule has 0 aromatic heterocycles. The van der Waals surface area contributed by atoms with Gasteiger partial charge in [0.1, 0.15) is 18.1 Å². The molecule has 272 valence electrons. The molecule has 3 saturated heterocycles. The van der Waals surface area contributed by atoms with Crippen molar-refractivity contribution in [3.63, 3.8) is 0 Å². The molecule has 0 bridgehead atoms. The number of carbonyl (C=O) groups excluding carboxylic acids is 2. The molecule has 4 fully saturated rings. The number of carbonyl (C=O) groups is 2. The summed E-state index contributed by atoms with van der Waals surface area (Å²) in [7, 11) is 7.76. The first-order chi connectivity index (χ1) is 22.0. The molecule has 9 atom stereocenters. The standard InChI is InChI=1S/C36H65N3O8/c1-23-18-36(6,43-10)32(47-33-30(40)29(37(7)8)15-24(2)46-33)25(3)31(41)35(4,5)34(42)45-14-12-39(19-23)21-27-16-28(17-27)38(9)20-26-11-13-44-22-26/h23-30,32-33,40H,11-22H2,1-10H3/t23-,24-,25+,26?,27?,28?,29+,30-,32-,33+,36-/m1/s1. The van der Waals surface area contributed by atoms with E-state index >= 15 is 0 Å². The van der Waals surface area contributed by atoms with E-state index in [0.717, 1.165) is 52.1 Å². The van der Waals surface area contributed by atoms with Crippen LogP contribution in [0.15, 0.2) is 0 Å².